The van der Waals surface area contributed by atoms with Crippen LogP contribution in [0.15, 0.2) is 29.2 Å². The van der Waals surface area contributed by atoms with Crippen molar-refractivity contribution < 1.29 is 9.59 Å². The van der Waals surface area contributed by atoms with E-state index in [0.29, 0.717) is 17.9 Å². The summed E-state index contributed by atoms with van der Waals surface area (Å²) in [4.78, 5) is 29.1. The van der Waals surface area contributed by atoms with Gasteiger partial charge >= 0.3 is 0 Å². The van der Waals surface area contributed by atoms with Crippen molar-refractivity contribution in [1.82, 2.24) is 15.5 Å². The van der Waals surface area contributed by atoms with E-state index in [9.17, 15) is 9.59 Å². The van der Waals surface area contributed by atoms with Crippen molar-refractivity contribution in [2.24, 2.45) is 17.8 Å². The molecule has 1 aliphatic heterocycles. The SMILES string of the molecule is O=C(CSc1ccccc1C(=O)NCCCN1CCCCC1)NC12CC3CC(CC(C3)C1)C2. The summed E-state index contributed by atoms with van der Waals surface area (Å²) in [6.45, 7) is 4.14. The van der Waals surface area contributed by atoms with Gasteiger partial charge in [-0.15, -0.1) is 11.8 Å². The van der Waals surface area contributed by atoms with Gasteiger partial charge in [0.1, 0.15) is 0 Å². The van der Waals surface area contributed by atoms with Gasteiger partial charge in [-0.3, -0.25) is 9.59 Å². The van der Waals surface area contributed by atoms with E-state index in [-0.39, 0.29) is 17.4 Å². The monoisotopic (exact) mass is 469 g/mol. The zero-order chi connectivity index (χ0) is 22.7. The molecule has 0 aromatic heterocycles. The normalized spacial score (nSPS) is 30.8. The fourth-order valence-corrected chi connectivity index (χ4v) is 8.15. The van der Waals surface area contributed by atoms with Crippen molar-refractivity contribution in [2.75, 3.05) is 31.9 Å². The number of carbonyl (C=O) groups is 2. The molecule has 2 amide bonds. The van der Waals surface area contributed by atoms with Gasteiger partial charge in [0.15, 0.2) is 0 Å². The largest absolute Gasteiger partial charge is 0.352 e. The van der Waals surface area contributed by atoms with Gasteiger partial charge in [-0.25, -0.2) is 0 Å². The van der Waals surface area contributed by atoms with Gasteiger partial charge in [-0.2, -0.15) is 0 Å². The molecule has 4 bridgehead atoms. The summed E-state index contributed by atoms with van der Waals surface area (Å²) in [6, 6.07) is 7.69. The number of hydrogen-bond donors (Lipinski definition) is 2. The highest BCUT2D eigenvalue weighted by molar-refractivity contribution is 8.00. The molecule has 0 unspecified atom stereocenters. The van der Waals surface area contributed by atoms with Crippen LogP contribution in [-0.2, 0) is 4.79 Å². The summed E-state index contributed by atoms with van der Waals surface area (Å²) < 4.78 is 0. The van der Waals surface area contributed by atoms with Crippen LogP contribution in [0.1, 0.15) is 74.6 Å². The van der Waals surface area contributed by atoms with E-state index in [0.717, 1.165) is 35.6 Å². The maximum absolute atomic E-state index is 12.9. The Morgan fingerprint density at radius 1 is 0.970 bits per heavy atom. The molecule has 4 saturated carbocycles. The van der Waals surface area contributed by atoms with Crippen molar-refractivity contribution in [3.63, 3.8) is 0 Å². The predicted molar refractivity (Wildman–Crippen MR) is 133 cm³/mol. The molecule has 0 spiro atoms. The third kappa shape index (κ3) is 5.76. The molecule has 5 aliphatic rings. The predicted octanol–water partition coefficient (Wildman–Crippen LogP) is 4.47. The molecule has 1 saturated heterocycles. The summed E-state index contributed by atoms with van der Waals surface area (Å²) in [6.07, 6.45) is 12.6. The molecule has 1 aromatic rings. The lowest BCUT2D eigenvalue weighted by Gasteiger charge is -2.56. The highest BCUT2D eigenvalue weighted by Crippen LogP contribution is 2.55. The first kappa shape index (κ1) is 23.2. The molecule has 1 aromatic carbocycles. The van der Waals surface area contributed by atoms with E-state index in [2.05, 4.69) is 15.5 Å². The molecular weight excluding hydrogens is 430 g/mol. The average Bonchev–Trinajstić information content (AvgIpc) is 2.80. The number of benzene rings is 1. The number of piperidine rings is 1. The highest BCUT2D eigenvalue weighted by Gasteiger charge is 2.51. The second-order valence-electron chi connectivity index (χ2n) is 11.0. The molecule has 6 heteroatoms. The lowest BCUT2D eigenvalue weighted by molar-refractivity contribution is -0.124. The van der Waals surface area contributed by atoms with Crippen LogP contribution in [0.5, 0.6) is 0 Å². The number of thioether (sulfide) groups is 1. The molecule has 2 N–H and O–H groups in total. The van der Waals surface area contributed by atoms with Gasteiger partial charge in [0, 0.05) is 17.0 Å². The van der Waals surface area contributed by atoms with Gasteiger partial charge in [0.2, 0.25) is 5.91 Å². The molecule has 0 atom stereocenters. The van der Waals surface area contributed by atoms with Crippen molar-refractivity contribution in [2.45, 2.75) is 74.6 Å². The van der Waals surface area contributed by atoms with Gasteiger partial charge in [-0.05, 0) is 107 Å². The fourth-order valence-electron chi connectivity index (χ4n) is 7.30. The molecule has 1 heterocycles. The standard InChI is InChI=1S/C27H39N3O2S/c31-25(29-27-16-20-13-21(17-27)15-22(14-20)18-27)19-33-24-8-3-2-7-23(24)26(32)28-9-6-12-30-10-4-1-5-11-30/h2-3,7-8,20-22H,1,4-6,9-19H2,(H,28,32)(H,29,31). The average molecular weight is 470 g/mol. The minimum Gasteiger partial charge on any atom is -0.352 e. The summed E-state index contributed by atoms with van der Waals surface area (Å²) >= 11 is 1.49. The fraction of sp³-hybridized carbons (Fsp3) is 0.704. The summed E-state index contributed by atoms with van der Waals surface area (Å²) in [7, 11) is 0. The van der Waals surface area contributed by atoms with Crippen LogP contribution in [0.3, 0.4) is 0 Å². The lowest BCUT2D eigenvalue weighted by atomic mass is 9.53. The van der Waals surface area contributed by atoms with Crippen LogP contribution >= 0.6 is 11.8 Å². The Labute approximate surface area is 202 Å². The van der Waals surface area contributed by atoms with Crippen LogP contribution in [0, 0.1) is 17.8 Å². The Morgan fingerprint density at radius 3 is 2.33 bits per heavy atom. The Hall–Kier alpha value is -1.53. The first-order chi connectivity index (χ1) is 16.1. The highest BCUT2D eigenvalue weighted by atomic mass is 32.2. The van der Waals surface area contributed by atoms with Crippen molar-refractivity contribution >= 4 is 23.6 Å². The van der Waals surface area contributed by atoms with Crippen LogP contribution < -0.4 is 10.6 Å². The van der Waals surface area contributed by atoms with E-state index in [1.807, 2.05) is 24.3 Å². The maximum Gasteiger partial charge on any atom is 0.252 e. The summed E-state index contributed by atoms with van der Waals surface area (Å²) in [5.41, 5.74) is 0.737. The summed E-state index contributed by atoms with van der Waals surface area (Å²) in [5, 5.41) is 6.54. The van der Waals surface area contributed by atoms with Crippen LogP contribution in [0.2, 0.25) is 0 Å². The van der Waals surface area contributed by atoms with Crippen LogP contribution in [-0.4, -0.2) is 54.2 Å². The Balaban J connectivity index is 1.09. The summed E-state index contributed by atoms with van der Waals surface area (Å²) in [5.74, 6) is 2.94. The second kappa shape index (κ2) is 10.4. The number of rotatable bonds is 9. The van der Waals surface area contributed by atoms with Crippen LogP contribution in [0.4, 0.5) is 0 Å². The Morgan fingerprint density at radius 2 is 1.64 bits per heavy atom. The van der Waals surface area contributed by atoms with E-state index in [1.165, 1.54) is 82.6 Å². The second-order valence-corrected chi connectivity index (χ2v) is 12.1. The minimum absolute atomic E-state index is 0.0294. The molecule has 33 heavy (non-hydrogen) atoms. The first-order valence-electron chi connectivity index (χ1n) is 13.1. The van der Waals surface area contributed by atoms with Gasteiger partial charge in [-0.1, -0.05) is 18.6 Å². The number of carbonyl (C=O) groups excluding carboxylic acids is 2. The molecule has 6 rings (SSSR count). The minimum atomic E-state index is -0.0294. The number of nitrogens with one attached hydrogen (secondary N) is 2. The molecule has 5 nitrogen and oxygen atoms in total. The van der Waals surface area contributed by atoms with E-state index >= 15 is 0 Å². The number of likely N-dealkylation sites (tertiary alicyclic amines) is 1. The van der Waals surface area contributed by atoms with Crippen molar-refractivity contribution in [1.29, 1.82) is 0 Å². The third-order valence-corrected chi connectivity index (χ3v) is 9.39. The molecule has 5 fully saturated rings. The van der Waals surface area contributed by atoms with Crippen LogP contribution in [0.25, 0.3) is 0 Å². The van der Waals surface area contributed by atoms with Gasteiger partial charge in [0.05, 0.1) is 11.3 Å². The maximum atomic E-state index is 12.9. The topological polar surface area (TPSA) is 61.4 Å². The van der Waals surface area contributed by atoms with E-state index in [1.54, 1.807) is 0 Å². The van der Waals surface area contributed by atoms with E-state index in [4.69, 9.17) is 0 Å². The zero-order valence-corrected chi connectivity index (χ0v) is 20.6. The molecule has 0 radical (unpaired) electrons. The van der Waals surface area contributed by atoms with Crippen molar-refractivity contribution in [3.05, 3.63) is 29.8 Å². The Bertz CT molecular complexity index is 816. The van der Waals surface area contributed by atoms with E-state index < -0.39 is 0 Å². The quantitative estimate of drug-likeness (QED) is 0.414. The molecule has 180 valence electrons. The number of nitrogens with zero attached hydrogens (tertiary/aromatic N) is 1. The van der Waals surface area contributed by atoms with Crippen molar-refractivity contribution in [3.8, 4) is 0 Å². The van der Waals surface area contributed by atoms with Gasteiger partial charge < -0.3 is 15.5 Å². The third-order valence-electron chi connectivity index (χ3n) is 8.32. The Kier molecular flexibility index (Phi) is 7.31. The lowest BCUT2D eigenvalue weighted by Crippen LogP contribution is -2.60. The first-order valence-corrected chi connectivity index (χ1v) is 14.1. The molecule has 4 aliphatic carbocycles. The smallest absolute Gasteiger partial charge is 0.252 e. The number of hydrogen-bond acceptors (Lipinski definition) is 4. The van der Waals surface area contributed by atoms with Gasteiger partial charge in [0.25, 0.3) is 5.91 Å². The zero-order valence-electron chi connectivity index (χ0n) is 19.8. The number of amides is 2. The molecular formula is C27H39N3O2S.